The largest absolute Gasteiger partial charge is 0.304 e. The molecule has 4 heteroatoms. The van der Waals surface area contributed by atoms with Crippen LogP contribution in [0.4, 0.5) is 8.78 Å². The molecule has 1 aromatic rings. The lowest BCUT2D eigenvalue weighted by Gasteiger charge is -2.39. The molecule has 0 saturated carbocycles. The summed E-state index contributed by atoms with van der Waals surface area (Å²) in [4.78, 5) is 2.53. The van der Waals surface area contributed by atoms with E-state index in [1.807, 2.05) is 18.2 Å². The van der Waals surface area contributed by atoms with Gasteiger partial charge in [-0.2, -0.15) is 0 Å². The van der Waals surface area contributed by atoms with Gasteiger partial charge in [0.15, 0.2) is 0 Å². The van der Waals surface area contributed by atoms with E-state index in [0.717, 1.165) is 24.8 Å². The van der Waals surface area contributed by atoms with Crippen molar-refractivity contribution in [2.75, 3.05) is 7.05 Å². The summed E-state index contributed by atoms with van der Waals surface area (Å²) in [5, 5.41) is 3.83. The molecule has 3 atom stereocenters. The molecular weight excluding hydrogens is 318 g/mol. The SMILES string of the molecule is CN1C2CCC1CC(NC(C1=CC=C(F)CC1)c1ccc(F)cc1)C2. The standard InChI is InChI=1S/C21H26F2N2/c1-25-19-10-11-20(25)13-18(12-19)24-21(14-2-6-16(22)7-3-14)15-4-8-17(23)9-5-15/h2-4,6-8,18-21,24H,5,9-13H2,1H3. The third-order valence-electron chi connectivity index (χ3n) is 6.21. The minimum absolute atomic E-state index is 0.0396. The molecule has 0 amide bonds. The van der Waals surface area contributed by atoms with Crippen molar-refractivity contribution in [2.45, 2.75) is 62.7 Å². The van der Waals surface area contributed by atoms with E-state index < -0.39 is 0 Å². The maximum Gasteiger partial charge on any atom is 0.123 e. The van der Waals surface area contributed by atoms with Crippen LogP contribution in [0.25, 0.3) is 0 Å². The molecule has 0 aromatic heterocycles. The fraction of sp³-hybridized carbons (Fsp3) is 0.524. The topological polar surface area (TPSA) is 15.3 Å². The number of hydrogen-bond donors (Lipinski definition) is 1. The molecule has 2 aliphatic heterocycles. The lowest BCUT2D eigenvalue weighted by Crippen LogP contribution is -2.48. The van der Waals surface area contributed by atoms with Gasteiger partial charge in [0, 0.05) is 24.5 Å². The molecule has 2 heterocycles. The lowest BCUT2D eigenvalue weighted by atomic mass is 9.89. The first kappa shape index (κ1) is 16.9. The molecule has 1 N–H and O–H groups in total. The van der Waals surface area contributed by atoms with Crippen LogP contribution in [0.2, 0.25) is 0 Å². The van der Waals surface area contributed by atoms with Gasteiger partial charge < -0.3 is 10.2 Å². The van der Waals surface area contributed by atoms with E-state index in [1.54, 1.807) is 6.08 Å². The number of benzene rings is 1. The van der Waals surface area contributed by atoms with Crippen molar-refractivity contribution in [3.63, 3.8) is 0 Å². The summed E-state index contributed by atoms with van der Waals surface area (Å²) >= 11 is 0. The highest BCUT2D eigenvalue weighted by Crippen LogP contribution is 2.37. The molecule has 25 heavy (non-hydrogen) atoms. The molecule has 3 aliphatic rings. The summed E-state index contributed by atoms with van der Waals surface area (Å²) in [6.07, 6.45) is 9.55. The smallest absolute Gasteiger partial charge is 0.123 e. The Labute approximate surface area is 148 Å². The van der Waals surface area contributed by atoms with Crippen molar-refractivity contribution < 1.29 is 8.78 Å². The number of nitrogens with one attached hydrogen (secondary N) is 1. The van der Waals surface area contributed by atoms with Crippen LogP contribution in [-0.4, -0.2) is 30.1 Å². The minimum atomic E-state index is -0.219. The molecule has 0 radical (unpaired) electrons. The first-order valence-electron chi connectivity index (χ1n) is 9.38. The second-order valence-electron chi connectivity index (χ2n) is 7.73. The van der Waals surface area contributed by atoms with Crippen LogP contribution in [0.3, 0.4) is 0 Å². The summed E-state index contributed by atoms with van der Waals surface area (Å²) in [7, 11) is 2.24. The molecule has 2 bridgehead atoms. The minimum Gasteiger partial charge on any atom is -0.304 e. The van der Waals surface area contributed by atoms with Gasteiger partial charge >= 0.3 is 0 Å². The van der Waals surface area contributed by atoms with E-state index in [1.165, 1.54) is 30.5 Å². The fourth-order valence-corrected chi connectivity index (χ4v) is 4.72. The second-order valence-corrected chi connectivity index (χ2v) is 7.73. The Morgan fingerprint density at radius 2 is 1.68 bits per heavy atom. The summed E-state index contributed by atoms with van der Waals surface area (Å²) in [5.74, 6) is -0.276. The first-order valence-corrected chi connectivity index (χ1v) is 9.38. The molecule has 134 valence electrons. The summed E-state index contributed by atoms with van der Waals surface area (Å²) in [6.45, 7) is 0. The van der Waals surface area contributed by atoms with Crippen molar-refractivity contribution >= 4 is 0 Å². The Hall–Kier alpha value is -1.52. The lowest BCUT2D eigenvalue weighted by molar-refractivity contribution is 0.145. The highest BCUT2D eigenvalue weighted by atomic mass is 19.1. The number of nitrogens with zero attached hydrogens (tertiary/aromatic N) is 1. The Balaban J connectivity index is 1.56. The summed E-state index contributed by atoms with van der Waals surface area (Å²) in [5.41, 5.74) is 2.26. The molecule has 3 unspecified atom stereocenters. The third-order valence-corrected chi connectivity index (χ3v) is 6.21. The molecule has 1 aliphatic carbocycles. The van der Waals surface area contributed by atoms with Crippen molar-refractivity contribution in [3.8, 4) is 0 Å². The number of fused-ring (bicyclic) bond motifs is 2. The van der Waals surface area contributed by atoms with Gasteiger partial charge in [-0.1, -0.05) is 18.2 Å². The normalized spacial score (nSPS) is 30.8. The zero-order valence-electron chi connectivity index (χ0n) is 14.7. The Bertz CT molecular complexity index is 666. The number of halogens is 2. The highest BCUT2D eigenvalue weighted by Gasteiger charge is 2.39. The average Bonchev–Trinajstić information content (AvgIpc) is 2.83. The molecule has 4 rings (SSSR count). The van der Waals surface area contributed by atoms with E-state index in [9.17, 15) is 8.78 Å². The van der Waals surface area contributed by atoms with Gasteiger partial charge in [-0.25, -0.2) is 8.78 Å². The molecule has 0 spiro atoms. The number of piperidine rings is 1. The number of rotatable bonds is 4. The van der Waals surface area contributed by atoms with Crippen LogP contribution in [0, 0.1) is 5.82 Å². The Kier molecular flexibility index (Phi) is 4.74. The Morgan fingerprint density at radius 3 is 2.28 bits per heavy atom. The summed E-state index contributed by atoms with van der Waals surface area (Å²) < 4.78 is 26.8. The first-order chi connectivity index (χ1) is 12.1. The van der Waals surface area contributed by atoms with Crippen LogP contribution in [-0.2, 0) is 0 Å². The van der Waals surface area contributed by atoms with Crippen molar-refractivity contribution in [1.82, 2.24) is 10.2 Å². The number of allylic oxidation sites excluding steroid dienone is 3. The van der Waals surface area contributed by atoms with E-state index in [0.29, 0.717) is 24.5 Å². The van der Waals surface area contributed by atoms with Crippen LogP contribution in [0.5, 0.6) is 0 Å². The van der Waals surface area contributed by atoms with Crippen LogP contribution in [0.15, 0.2) is 47.8 Å². The molecule has 2 nitrogen and oxygen atoms in total. The summed E-state index contributed by atoms with van der Waals surface area (Å²) in [6, 6.07) is 8.58. The zero-order valence-corrected chi connectivity index (χ0v) is 14.7. The maximum atomic E-state index is 13.4. The van der Waals surface area contributed by atoms with Gasteiger partial charge in [-0.05, 0) is 68.5 Å². The van der Waals surface area contributed by atoms with Gasteiger partial charge in [-0.3, -0.25) is 0 Å². The molecular formula is C21H26F2N2. The van der Waals surface area contributed by atoms with E-state index in [2.05, 4.69) is 17.3 Å². The third kappa shape index (κ3) is 3.56. The number of hydrogen-bond acceptors (Lipinski definition) is 2. The van der Waals surface area contributed by atoms with Crippen LogP contribution >= 0.6 is 0 Å². The van der Waals surface area contributed by atoms with Crippen LogP contribution in [0.1, 0.15) is 50.1 Å². The van der Waals surface area contributed by atoms with E-state index in [4.69, 9.17) is 0 Å². The van der Waals surface area contributed by atoms with Gasteiger partial charge in [0.25, 0.3) is 0 Å². The van der Waals surface area contributed by atoms with Gasteiger partial charge in [-0.15, -0.1) is 0 Å². The van der Waals surface area contributed by atoms with Crippen molar-refractivity contribution in [2.24, 2.45) is 0 Å². The quantitative estimate of drug-likeness (QED) is 0.855. The fourth-order valence-electron chi connectivity index (χ4n) is 4.72. The molecule has 2 saturated heterocycles. The van der Waals surface area contributed by atoms with Crippen LogP contribution < -0.4 is 5.32 Å². The van der Waals surface area contributed by atoms with Gasteiger partial charge in [0.1, 0.15) is 11.6 Å². The Morgan fingerprint density at radius 1 is 1.00 bits per heavy atom. The average molecular weight is 344 g/mol. The van der Waals surface area contributed by atoms with E-state index >= 15 is 0 Å². The maximum absolute atomic E-state index is 13.4. The highest BCUT2D eigenvalue weighted by molar-refractivity contribution is 5.33. The zero-order chi connectivity index (χ0) is 17.4. The van der Waals surface area contributed by atoms with Crippen molar-refractivity contribution in [3.05, 3.63) is 59.2 Å². The van der Waals surface area contributed by atoms with Crippen molar-refractivity contribution in [1.29, 1.82) is 0 Å². The molecule has 2 fully saturated rings. The monoisotopic (exact) mass is 344 g/mol. The predicted molar refractivity (Wildman–Crippen MR) is 96.4 cm³/mol. The second kappa shape index (κ2) is 7.00. The van der Waals surface area contributed by atoms with Gasteiger partial charge in [0.05, 0.1) is 6.04 Å². The van der Waals surface area contributed by atoms with Gasteiger partial charge in [0.2, 0.25) is 0 Å². The molecule has 1 aromatic carbocycles. The van der Waals surface area contributed by atoms with E-state index in [-0.39, 0.29) is 17.7 Å². The predicted octanol–water partition coefficient (Wildman–Crippen LogP) is 4.66.